The van der Waals surface area contributed by atoms with Crippen molar-refractivity contribution in [2.24, 2.45) is 0 Å². The molecule has 0 fully saturated rings. The number of benzene rings is 2. The van der Waals surface area contributed by atoms with E-state index in [4.69, 9.17) is 9.16 Å². The molecule has 0 saturated heterocycles. The number of aromatic nitrogens is 1. The molecule has 0 spiro atoms. The third-order valence-electron chi connectivity index (χ3n) is 4.08. The zero-order valence-electron chi connectivity index (χ0n) is 14.7. The van der Waals surface area contributed by atoms with Gasteiger partial charge < -0.3 is 9.16 Å². The summed E-state index contributed by atoms with van der Waals surface area (Å²) < 4.78 is 11.9. The molecule has 1 heterocycles. The standard InChI is InChI=1S/C21H21NO2Si/c1-15-9-7-13-20(16(15)2)25-24-17(3)19-12-8-14-21(22-19)23-18-10-5-4-6-11-18/h4-14,17H,1-3H3. The molecule has 2 aromatic carbocycles. The van der Waals surface area contributed by atoms with Gasteiger partial charge in [0.15, 0.2) is 0 Å². The SMILES string of the molecule is Cc1cccc([Si]OC(C)c2cccc(Oc3ccccc3)n2)c1C. The summed E-state index contributed by atoms with van der Waals surface area (Å²) in [5.74, 6) is 1.35. The van der Waals surface area contributed by atoms with Gasteiger partial charge in [-0.25, -0.2) is 4.98 Å². The van der Waals surface area contributed by atoms with Gasteiger partial charge in [0.25, 0.3) is 9.76 Å². The van der Waals surface area contributed by atoms with Crippen molar-refractivity contribution in [3.63, 3.8) is 0 Å². The Labute approximate surface area is 151 Å². The average molecular weight is 347 g/mol. The predicted molar refractivity (Wildman–Crippen MR) is 102 cm³/mol. The van der Waals surface area contributed by atoms with Crippen molar-refractivity contribution in [3.05, 3.63) is 83.6 Å². The van der Waals surface area contributed by atoms with Gasteiger partial charge in [0.05, 0.1) is 11.8 Å². The first kappa shape index (κ1) is 17.4. The fourth-order valence-electron chi connectivity index (χ4n) is 2.40. The molecule has 0 aliphatic carbocycles. The fourth-order valence-corrected chi connectivity index (χ4v) is 3.34. The minimum atomic E-state index is -0.0995. The van der Waals surface area contributed by atoms with Gasteiger partial charge in [-0.05, 0) is 55.3 Å². The zero-order chi connectivity index (χ0) is 17.6. The van der Waals surface area contributed by atoms with Crippen molar-refractivity contribution >= 4 is 14.9 Å². The number of ether oxygens (including phenoxy) is 1. The molecule has 126 valence electrons. The third kappa shape index (κ3) is 4.56. The summed E-state index contributed by atoms with van der Waals surface area (Å²) in [6, 6.07) is 21.8. The van der Waals surface area contributed by atoms with Crippen LogP contribution in [0.1, 0.15) is 29.8 Å². The molecule has 0 aliphatic heterocycles. The number of para-hydroxylation sites is 1. The molecule has 0 N–H and O–H groups in total. The summed E-state index contributed by atoms with van der Waals surface area (Å²) in [6.07, 6.45) is -0.0995. The molecule has 25 heavy (non-hydrogen) atoms. The molecule has 3 aromatic rings. The Morgan fingerprint density at radius 2 is 1.64 bits per heavy atom. The molecule has 3 rings (SSSR count). The first-order valence-electron chi connectivity index (χ1n) is 8.31. The zero-order valence-corrected chi connectivity index (χ0v) is 15.7. The van der Waals surface area contributed by atoms with Gasteiger partial charge in [0, 0.05) is 6.07 Å². The van der Waals surface area contributed by atoms with E-state index in [9.17, 15) is 0 Å². The molecule has 1 atom stereocenters. The molecule has 4 heteroatoms. The van der Waals surface area contributed by atoms with Crippen LogP contribution in [0.15, 0.2) is 66.7 Å². The fraction of sp³-hybridized carbons (Fsp3) is 0.190. The number of aryl methyl sites for hydroxylation is 1. The Balaban J connectivity index is 1.67. The lowest BCUT2D eigenvalue weighted by Gasteiger charge is -2.15. The van der Waals surface area contributed by atoms with Crippen LogP contribution in [0.4, 0.5) is 0 Å². The van der Waals surface area contributed by atoms with E-state index in [2.05, 4.69) is 37.0 Å². The van der Waals surface area contributed by atoms with Crippen LogP contribution in [0.5, 0.6) is 11.6 Å². The average Bonchev–Trinajstić information content (AvgIpc) is 2.64. The molecule has 0 amide bonds. The van der Waals surface area contributed by atoms with Crippen molar-refractivity contribution in [2.75, 3.05) is 0 Å². The minimum absolute atomic E-state index is 0.0995. The van der Waals surface area contributed by atoms with E-state index < -0.39 is 0 Å². The molecule has 0 aliphatic rings. The molecule has 1 unspecified atom stereocenters. The molecular weight excluding hydrogens is 326 g/mol. The van der Waals surface area contributed by atoms with Crippen LogP contribution in [0.2, 0.25) is 0 Å². The van der Waals surface area contributed by atoms with Gasteiger partial charge in [-0.1, -0.05) is 42.5 Å². The van der Waals surface area contributed by atoms with Crippen LogP contribution in [-0.4, -0.2) is 14.7 Å². The van der Waals surface area contributed by atoms with E-state index >= 15 is 0 Å². The van der Waals surface area contributed by atoms with Gasteiger partial charge in [0.1, 0.15) is 5.75 Å². The Morgan fingerprint density at radius 3 is 2.44 bits per heavy atom. The monoisotopic (exact) mass is 347 g/mol. The topological polar surface area (TPSA) is 31.4 Å². The highest BCUT2D eigenvalue weighted by Gasteiger charge is 2.11. The summed E-state index contributed by atoms with van der Waals surface area (Å²) in [5, 5.41) is 1.24. The molecule has 2 radical (unpaired) electrons. The van der Waals surface area contributed by atoms with Gasteiger partial charge in [-0.2, -0.15) is 0 Å². The Morgan fingerprint density at radius 1 is 0.880 bits per heavy atom. The maximum absolute atomic E-state index is 6.06. The van der Waals surface area contributed by atoms with Crippen LogP contribution in [0, 0.1) is 13.8 Å². The van der Waals surface area contributed by atoms with E-state index in [-0.39, 0.29) is 6.10 Å². The molecule has 1 aromatic heterocycles. The van der Waals surface area contributed by atoms with Crippen LogP contribution >= 0.6 is 0 Å². The molecule has 0 saturated carbocycles. The Kier molecular flexibility index (Phi) is 5.63. The number of nitrogens with zero attached hydrogens (tertiary/aromatic N) is 1. The number of pyridine rings is 1. The predicted octanol–water partition coefficient (Wildman–Crippen LogP) is 4.51. The second-order valence-electron chi connectivity index (χ2n) is 5.93. The van der Waals surface area contributed by atoms with Gasteiger partial charge in [-0.3, -0.25) is 0 Å². The second-order valence-corrected chi connectivity index (χ2v) is 6.90. The van der Waals surface area contributed by atoms with Gasteiger partial charge in [0.2, 0.25) is 5.88 Å². The highest BCUT2D eigenvalue weighted by atomic mass is 28.2. The maximum Gasteiger partial charge on any atom is 0.269 e. The maximum atomic E-state index is 6.06. The second kappa shape index (κ2) is 8.10. The van der Waals surface area contributed by atoms with E-state index in [1.165, 1.54) is 16.3 Å². The smallest absolute Gasteiger partial charge is 0.269 e. The highest BCUT2D eigenvalue weighted by molar-refractivity contribution is 6.47. The van der Waals surface area contributed by atoms with Crippen molar-refractivity contribution in [1.82, 2.24) is 4.98 Å². The highest BCUT2D eigenvalue weighted by Crippen LogP contribution is 2.22. The molecule has 0 bridgehead atoms. The van der Waals surface area contributed by atoms with E-state index in [0.29, 0.717) is 15.6 Å². The molecular formula is C21H21NO2Si. The summed E-state index contributed by atoms with van der Waals surface area (Å²) in [5.41, 5.74) is 3.45. The van der Waals surface area contributed by atoms with E-state index in [0.717, 1.165) is 11.4 Å². The number of hydrogen-bond acceptors (Lipinski definition) is 3. The lowest BCUT2D eigenvalue weighted by Crippen LogP contribution is -2.22. The van der Waals surface area contributed by atoms with Crippen LogP contribution in [-0.2, 0) is 4.43 Å². The summed E-state index contributed by atoms with van der Waals surface area (Å²) in [6.45, 7) is 6.28. The summed E-state index contributed by atoms with van der Waals surface area (Å²) in [4.78, 5) is 4.58. The van der Waals surface area contributed by atoms with Crippen LogP contribution in [0.3, 0.4) is 0 Å². The first-order valence-corrected chi connectivity index (χ1v) is 9.22. The largest absolute Gasteiger partial charge is 0.439 e. The quantitative estimate of drug-likeness (QED) is 0.615. The van der Waals surface area contributed by atoms with E-state index in [1.807, 2.05) is 55.5 Å². The number of hydrogen-bond donors (Lipinski definition) is 0. The van der Waals surface area contributed by atoms with Gasteiger partial charge in [-0.15, -0.1) is 0 Å². The normalized spacial score (nSPS) is 12.0. The van der Waals surface area contributed by atoms with E-state index in [1.54, 1.807) is 0 Å². The lowest BCUT2D eigenvalue weighted by molar-refractivity contribution is 0.237. The van der Waals surface area contributed by atoms with Crippen molar-refractivity contribution in [1.29, 1.82) is 0 Å². The van der Waals surface area contributed by atoms with Crippen molar-refractivity contribution < 1.29 is 9.16 Å². The minimum Gasteiger partial charge on any atom is -0.439 e. The van der Waals surface area contributed by atoms with Crippen LogP contribution in [0.25, 0.3) is 0 Å². The lowest BCUT2D eigenvalue weighted by atomic mass is 10.1. The van der Waals surface area contributed by atoms with Gasteiger partial charge >= 0.3 is 0 Å². The Bertz CT molecular complexity index is 836. The Hall–Kier alpha value is -2.43. The third-order valence-corrected chi connectivity index (χ3v) is 5.31. The van der Waals surface area contributed by atoms with Crippen LogP contribution < -0.4 is 9.92 Å². The van der Waals surface area contributed by atoms with Crippen molar-refractivity contribution in [2.45, 2.75) is 26.9 Å². The molecule has 3 nitrogen and oxygen atoms in total. The first-order chi connectivity index (χ1) is 12.1. The summed E-state index contributed by atoms with van der Waals surface area (Å²) in [7, 11) is 0.295. The van der Waals surface area contributed by atoms with Crippen molar-refractivity contribution in [3.8, 4) is 11.6 Å². The summed E-state index contributed by atoms with van der Waals surface area (Å²) >= 11 is 0. The number of rotatable bonds is 6.